The number of non-ortho nitro benzene ring substituents is 1. The molecule has 8 heteroatoms. The largest absolute Gasteiger partial charge is 0.469 e. The summed E-state index contributed by atoms with van der Waals surface area (Å²) in [5.74, 6) is 0.0379. The van der Waals surface area contributed by atoms with Crippen LogP contribution in [0.1, 0.15) is 6.42 Å². The van der Waals surface area contributed by atoms with Gasteiger partial charge in [-0.2, -0.15) is 5.10 Å². The summed E-state index contributed by atoms with van der Waals surface area (Å²) in [6.07, 6.45) is 1.66. The molecule has 20 heavy (non-hydrogen) atoms. The molecule has 0 saturated heterocycles. The van der Waals surface area contributed by atoms with Gasteiger partial charge >= 0.3 is 5.97 Å². The average Bonchev–Trinajstić information content (AvgIpc) is 2.93. The molecule has 2 rings (SSSR count). The average molecular weight is 276 g/mol. The maximum Gasteiger partial charge on any atom is 0.307 e. The summed E-state index contributed by atoms with van der Waals surface area (Å²) >= 11 is 0. The minimum atomic E-state index is -0.474. The van der Waals surface area contributed by atoms with Gasteiger partial charge in [0.1, 0.15) is 6.33 Å². The van der Waals surface area contributed by atoms with Crippen LogP contribution >= 0.6 is 0 Å². The van der Waals surface area contributed by atoms with Crippen LogP contribution in [0.5, 0.6) is 0 Å². The third-order valence-electron chi connectivity index (χ3n) is 2.62. The molecular formula is C12H12N4O4. The first-order chi connectivity index (χ1) is 9.60. The number of esters is 1. The molecule has 0 aliphatic rings. The van der Waals surface area contributed by atoms with Crippen LogP contribution in [0.25, 0.3) is 11.4 Å². The van der Waals surface area contributed by atoms with Crippen LogP contribution in [0.4, 0.5) is 5.69 Å². The van der Waals surface area contributed by atoms with Crippen LogP contribution in [0.3, 0.4) is 0 Å². The topological polar surface area (TPSA) is 100 Å². The lowest BCUT2D eigenvalue weighted by Gasteiger charge is -1.99. The second kappa shape index (κ2) is 5.91. The van der Waals surface area contributed by atoms with E-state index in [-0.39, 0.29) is 18.1 Å². The molecule has 0 aliphatic heterocycles. The summed E-state index contributed by atoms with van der Waals surface area (Å²) in [6.45, 7) is 0.342. The lowest BCUT2D eigenvalue weighted by Crippen LogP contribution is -2.07. The minimum Gasteiger partial charge on any atom is -0.469 e. The molecule has 104 valence electrons. The number of hydrogen-bond donors (Lipinski definition) is 0. The van der Waals surface area contributed by atoms with Gasteiger partial charge in [-0.25, -0.2) is 4.98 Å². The van der Waals surface area contributed by atoms with E-state index in [9.17, 15) is 14.9 Å². The van der Waals surface area contributed by atoms with E-state index in [0.717, 1.165) is 0 Å². The molecule has 0 aliphatic carbocycles. The highest BCUT2D eigenvalue weighted by atomic mass is 16.6. The van der Waals surface area contributed by atoms with Crippen molar-refractivity contribution in [3.05, 3.63) is 40.7 Å². The second-order valence-electron chi connectivity index (χ2n) is 3.96. The van der Waals surface area contributed by atoms with Gasteiger partial charge in [-0.1, -0.05) is 12.1 Å². The molecule has 0 bridgehead atoms. The third kappa shape index (κ3) is 3.16. The van der Waals surface area contributed by atoms with Crippen molar-refractivity contribution in [2.24, 2.45) is 0 Å². The zero-order valence-corrected chi connectivity index (χ0v) is 10.7. The normalized spacial score (nSPS) is 10.2. The van der Waals surface area contributed by atoms with E-state index in [2.05, 4.69) is 14.8 Å². The van der Waals surface area contributed by atoms with E-state index >= 15 is 0 Å². The van der Waals surface area contributed by atoms with Gasteiger partial charge in [0, 0.05) is 17.7 Å². The molecular weight excluding hydrogens is 264 g/mol. The predicted molar refractivity (Wildman–Crippen MR) is 68.7 cm³/mol. The molecule has 0 amide bonds. The fourth-order valence-electron chi connectivity index (χ4n) is 1.60. The molecule has 1 aromatic heterocycles. The summed E-state index contributed by atoms with van der Waals surface area (Å²) in [5.41, 5.74) is 0.532. The molecule has 2 aromatic rings. The lowest BCUT2D eigenvalue weighted by molar-refractivity contribution is -0.384. The first-order valence-corrected chi connectivity index (χ1v) is 5.81. The summed E-state index contributed by atoms with van der Waals surface area (Å²) in [4.78, 5) is 25.3. The Kier molecular flexibility index (Phi) is 4.04. The number of benzene rings is 1. The van der Waals surface area contributed by atoms with Crippen LogP contribution in [-0.4, -0.2) is 32.8 Å². The van der Waals surface area contributed by atoms with Crippen LogP contribution in [-0.2, 0) is 16.1 Å². The Morgan fingerprint density at radius 2 is 2.30 bits per heavy atom. The van der Waals surface area contributed by atoms with E-state index in [1.807, 2.05) is 0 Å². The Bertz CT molecular complexity index is 638. The SMILES string of the molecule is COC(=O)CCn1cnc(-c2cccc([N+](=O)[O-])c2)n1. The maximum absolute atomic E-state index is 11.0. The molecule has 8 nitrogen and oxygen atoms in total. The van der Waals surface area contributed by atoms with Crippen LogP contribution in [0, 0.1) is 10.1 Å². The highest BCUT2D eigenvalue weighted by molar-refractivity contribution is 5.69. The van der Waals surface area contributed by atoms with Gasteiger partial charge in [0.25, 0.3) is 5.69 Å². The summed E-state index contributed by atoms with van der Waals surface area (Å²) in [6, 6.07) is 6.06. The number of carbonyl (C=O) groups excluding carboxylic acids is 1. The highest BCUT2D eigenvalue weighted by Gasteiger charge is 2.10. The van der Waals surface area contributed by atoms with E-state index in [1.165, 1.54) is 30.3 Å². The molecule has 1 heterocycles. The van der Waals surface area contributed by atoms with Crippen LogP contribution in [0.15, 0.2) is 30.6 Å². The third-order valence-corrected chi connectivity index (χ3v) is 2.62. The summed E-state index contributed by atoms with van der Waals surface area (Å²) in [5, 5.41) is 14.9. The predicted octanol–water partition coefficient (Wildman–Crippen LogP) is 1.42. The van der Waals surface area contributed by atoms with Crippen LogP contribution in [0.2, 0.25) is 0 Å². The first kappa shape index (κ1) is 13.7. The van der Waals surface area contributed by atoms with Gasteiger partial charge in [0.05, 0.1) is 25.0 Å². The van der Waals surface area contributed by atoms with Gasteiger partial charge in [0.15, 0.2) is 5.82 Å². The Hall–Kier alpha value is -2.77. The number of hydrogen-bond acceptors (Lipinski definition) is 6. The zero-order valence-electron chi connectivity index (χ0n) is 10.7. The van der Waals surface area contributed by atoms with Gasteiger partial charge in [-0.15, -0.1) is 0 Å². The van der Waals surface area contributed by atoms with Crippen molar-refractivity contribution in [1.82, 2.24) is 14.8 Å². The number of nitrogens with zero attached hydrogens (tertiary/aromatic N) is 4. The fraction of sp³-hybridized carbons (Fsp3) is 0.250. The smallest absolute Gasteiger partial charge is 0.307 e. The van der Waals surface area contributed by atoms with Crippen molar-refractivity contribution < 1.29 is 14.5 Å². The monoisotopic (exact) mass is 276 g/mol. The number of carbonyl (C=O) groups is 1. The van der Waals surface area contributed by atoms with Crippen molar-refractivity contribution in [2.45, 2.75) is 13.0 Å². The number of aryl methyl sites for hydroxylation is 1. The molecule has 0 fully saturated rings. The van der Waals surface area contributed by atoms with Gasteiger partial charge in [-0.05, 0) is 0 Å². The molecule has 0 saturated carbocycles. The number of rotatable bonds is 5. The number of nitro groups is 1. The summed E-state index contributed by atoms with van der Waals surface area (Å²) < 4.78 is 6.02. The van der Waals surface area contributed by atoms with Gasteiger partial charge in [0.2, 0.25) is 0 Å². The van der Waals surface area contributed by atoms with E-state index < -0.39 is 4.92 Å². The van der Waals surface area contributed by atoms with Crippen molar-refractivity contribution >= 4 is 11.7 Å². The number of ether oxygens (including phenoxy) is 1. The van der Waals surface area contributed by atoms with E-state index in [4.69, 9.17) is 0 Å². The molecule has 0 atom stereocenters. The Balaban J connectivity index is 2.14. The maximum atomic E-state index is 11.0. The Morgan fingerprint density at radius 1 is 1.50 bits per heavy atom. The molecule has 0 spiro atoms. The van der Waals surface area contributed by atoms with Gasteiger partial charge in [-0.3, -0.25) is 19.6 Å². The second-order valence-corrected chi connectivity index (χ2v) is 3.96. The minimum absolute atomic E-state index is 0.0200. The lowest BCUT2D eigenvalue weighted by atomic mass is 10.2. The summed E-state index contributed by atoms with van der Waals surface area (Å²) in [7, 11) is 1.32. The Morgan fingerprint density at radius 3 is 3.00 bits per heavy atom. The molecule has 0 radical (unpaired) electrons. The molecule has 0 N–H and O–H groups in total. The number of methoxy groups -OCH3 is 1. The highest BCUT2D eigenvalue weighted by Crippen LogP contribution is 2.20. The van der Waals surface area contributed by atoms with E-state index in [1.54, 1.807) is 12.1 Å². The van der Waals surface area contributed by atoms with E-state index in [0.29, 0.717) is 17.9 Å². The van der Waals surface area contributed by atoms with Crippen molar-refractivity contribution in [3.63, 3.8) is 0 Å². The van der Waals surface area contributed by atoms with Crippen molar-refractivity contribution in [3.8, 4) is 11.4 Å². The van der Waals surface area contributed by atoms with Crippen molar-refractivity contribution in [1.29, 1.82) is 0 Å². The van der Waals surface area contributed by atoms with Gasteiger partial charge < -0.3 is 4.74 Å². The zero-order chi connectivity index (χ0) is 14.5. The number of nitro benzene ring substituents is 1. The molecule has 1 aromatic carbocycles. The van der Waals surface area contributed by atoms with Crippen LogP contribution < -0.4 is 0 Å². The number of aromatic nitrogens is 3. The first-order valence-electron chi connectivity index (χ1n) is 5.81. The quantitative estimate of drug-likeness (QED) is 0.465. The standard InChI is InChI=1S/C12H12N4O4/c1-20-11(17)5-6-15-8-13-12(14-15)9-3-2-4-10(7-9)16(18)19/h2-4,7-8H,5-6H2,1H3. The molecule has 0 unspecified atom stereocenters. The fourth-order valence-corrected chi connectivity index (χ4v) is 1.60. The Labute approximate surface area is 114 Å². The van der Waals surface area contributed by atoms with Crippen molar-refractivity contribution in [2.75, 3.05) is 7.11 Å².